The van der Waals surface area contributed by atoms with E-state index in [9.17, 15) is 20.2 Å². The molecule has 0 amide bonds. The molecule has 0 saturated heterocycles. The molecule has 8 heteroatoms. The van der Waals surface area contributed by atoms with Crippen LogP contribution in [0.4, 0.5) is 45.5 Å². The third-order valence-corrected chi connectivity index (χ3v) is 5.35. The lowest BCUT2D eigenvalue weighted by Gasteiger charge is -2.39. The quantitative estimate of drug-likeness (QED) is 0.234. The third kappa shape index (κ3) is 2.93. The lowest BCUT2D eigenvalue weighted by Crippen LogP contribution is -2.24. The predicted octanol–water partition coefficient (Wildman–Crippen LogP) is 6.76. The molecule has 0 radical (unpaired) electrons. The maximum atomic E-state index is 11.9. The predicted molar refractivity (Wildman–Crippen MR) is 123 cm³/mol. The number of nitrogens with zero attached hydrogens (tertiary/aromatic N) is 4. The maximum Gasteiger partial charge on any atom is 0.300 e. The van der Waals surface area contributed by atoms with E-state index < -0.39 is 9.85 Å². The van der Waals surface area contributed by atoms with Crippen molar-refractivity contribution in [2.75, 3.05) is 9.80 Å². The summed E-state index contributed by atoms with van der Waals surface area (Å²) in [4.78, 5) is 26.3. The van der Waals surface area contributed by atoms with Crippen LogP contribution in [0.1, 0.15) is 0 Å². The molecule has 5 rings (SSSR count). The number of anilines is 6. The van der Waals surface area contributed by atoms with Crippen LogP contribution >= 0.6 is 0 Å². The molecule has 156 valence electrons. The number of hydrogen-bond donors (Lipinski definition) is 0. The van der Waals surface area contributed by atoms with Crippen LogP contribution in [-0.2, 0) is 0 Å². The summed E-state index contributed by atoms with van der Waals surface area (Å²) in [5.74, 6) is 0. The Morgan fingerprint density at radius 3 is 1.34 bits per heavy atom. The van der Waals surface area contributed by atoms with E-state index in [2.05, 4.69) is 0 Å². The van der Waals surface area contributed by atoms with Crippen LogP contribution in [0.3, 0.4) is 0 Å². The topological polar surface area (TPSA) is 92.8 Å². The standard InChI is InChI=1S/C24H16N4O4/c29-27(30)22-15-8-16-23(28(31)32)24(22)26-20-13-6-4-11-18(20)25(17-9-2-1-3-10-17)19-12-5-7-14-21(19)26/h1-16H. The number of rotatable bonds is 4. The SMILES string of the molecule is O=[N+]([O-])c1cccc([N+](=O)[O-])c1N1c2ccccc2N(c2ccccc2)c2ccccc21. The molecule has 1 aliphatic rings. The highest BCUT2D eigenvalue weighted by molar-refractivity contribution is 6.04. The average Bonchev–Trinajstić information content (AvgIpc) is 2.82. The van der Waals surface area contributed by atoms with Gasteiger partial charge in [0.15, 0.2) is 0 Å². The van der Waals surface area contributed by atoms with Gasteiger partial charge in [0.2, 0.25) is 5.69 Å². The van der Waals surface area contributed by atoms with E-state index in [0.717, 1.165) is 17.1 Å². The zero-order valence-electron chi connectivity index (χ0n) is 16.7. The van der Waals surface area contributed by atoms with E-state index in [4.69, 9.17) is 0 Å². The normalized spacial score (nSPS) is 12.1. The van der Waals surface area contributed by atoms with Crippen molar-refractivity contribution < 1.29 is 9.85 Å². The van der Waals surface area contributed by atoms with Gasteiger partial charge in [-0.3, -0.25) is 25.1 Å². The summed E-state index contributed by atoms with van der Waals surface area (Å²) in [5.41, 5.74) is 2.88. The molecule has 0 spiro atoms. The van der Waals surface area contributed by atoms with Gasteiger partial charge in [-0.1, -0.05) is 42.5 Å². The first-order valence-electron chi connectivity index (χ1n) is 9.83. The minimum absolute atomic E-state index is 0.0740. The Balaban J connectivity index is 1.87. The molecular formula is C24H16N4O4. The van der Waals surface area contributed by atoms with Crippen LogP contribution in [0.2, 0.25) is 0 Å². The van der Waals surface area contributed by atoms with Crippen molar-refractivity contribution in [3.63, 3.8) is 0 Å². The summed E-state index contributed by atoms with van der Waals surface area (Å²) < 4.78 is 0. The summed E-state index contributed by atoms with van der Waals surface area (Å²) in [5, 5.41) is 23.8. The molecule has 0 bridgehead atoms. The van der Waals surface area contributed by atoms with E-state index in [-0.39, 0.29) is 17.1 Å². The third-order valence-electron chi connectivity index (χ3n) is 5.35. The minimum Gasteiger partial charge on any atom is -0.306 e. The number of benzene rings is 4. The smallest absolute Gasteiger partial charge is 0.300 e. The highest BCUT2D eigenvalue weighted by Gasteiger charge is 2.37. The van der Waals surface area contributed by atoms with Crippen LogP contribution in [0, 0.1) is 20.2 Å². The van der Waals surface area contributed by atoms with Crippen LogP contribution in [0.5, 0.6) is 0 Å². The Kier molecular flexibility index (Phi) is 4.52. The van der Waals surface area contributed by atoms with Crippen molar-refractivity contribution in [3.8, 4) is 0 Å². The lowest BCUT2D eigenvalue weighted by molar-refractivity contribution is -0.392. The fourth-order valence-corrected chi connectivity index (χ4v) is 4.08. The molecule has 32 heavy (non-hydrogen) atoms. The van der Waals surface area contributed by atoms with Gasteiger partial charge < -0.3 is 4.90 Å². The highest BCUT2D eigenvalue weighted by Crippen LogP contribution is 2.56. The number of hydrogen-bond acceptors (Lipinski definition) is 6. The van der Waals surface area contributed by atoms with E-state index in [1.807, 2.05) is 83.8 Å². The van der Waals surface area contributed by atoms with Crippen LogP contribution in [0.15, 0.2) is 97.1 Å². The fraction of sp³-hybridized carbons (Fsp3) is 0. The Morgan fingerprint density at radius 1 is 0.500 bits per heavy atom. The second kappa shape index (κ2) is 7.51. The molecule has 4 aromatic carbocycles. The average molecular weight is 424 g/mol. The zero-order valence-corrected chi connectivity index (χ0v) is 16.7. The largest absolute Gasteiger partial charge is 0.306 e. The second-order valence-corrected chi connectivity index (χ2v) is 7.14. The molecule has 0 aliphatic carbocycles. The van der Waals surface area contributed by atoms with Crippen molar-refractivity contribution in [2.45, 2.75) is 0 Å². The lowest BCUT2D eigenvalue weighted by atomic mass is 10.0. The van der Waals surface area contributed by atoms with E-state index in [0.29, 0.717) is 11.4 Å². The zero-order chi connectivity index (χ0) is 22.2. The molecule has 0 unspecified atom stereocenters. The van der Waals surface area contributed by atoms with Gasteiger partial charge in [0.05, 0.1) is 32.6 Å². The molecule has 0 N–H and O–H groups in total. The van der Waals surface area contributed by atoms with Gasteiger partial charge in [-0.15, -0.1) is 0 Å². The van der Waals surface area contributed by atoms with Crippen molar-refractivity contribution in [1.82, 2.24) is 0 Å². The Morgan fingerprint density at radius 2 is 0.906 bits per heavy atom. The molecule has 0 fully saturated rings. The molecule has 1 heterocycles. The molecule has 0 saturated carbocycles. The summed E-state index contributed by atoms with van der Waals surface area (Å²) in [6.45, 7) is 0. The van der Waals surface area contributed by atoms with Crippen LogP contribution in [0.25, 0.3) is 0 Å². The summed E-state index contributed by atoms with van der Waals surface area (Å²) in [7, 11) is 0. The van der Waals surface area contributed by atoms with Gasteiger partial charge in [-0.05, 0) is 42.5 Å². The second-order valence-electron chi connectivity index (χ2n) is 7.14. The van der Waals surface area contributed by atoms with Gasteiger partial charge in [0.1, 0.15) is 0 Å². The van der Waals surface area contributed by atoms with Crippen LogP contribution in [-0.4, -0.2) is 9.85 Å². The first-order chi connectivity index (χ1) is 15.6. The minimum atomic E-state index is -0.586. The van der Waals surface area contributed by atoms with Crippen molar-refractivity contribution >= 4 is 45.5 Å². The number of fused-ring (bicyclic) bond motifs is 2. The van der Waals surface area contributed by atoms with Crippen molar-refractivity contribution in [3.05, 3.63) is 117 Å². The van der Waals surface area contributed by atoms with E-state index >= 15 is 0 Å². The van der Waals surface area contributed by atoms with Gasteiger partial charge in [-0.2, -0.15) is 0 Å². The van der Waals surface area contributed by atoms with E-state index in [1.54, 1.807) is 4.90 Å². The number of nitro benzene ring substituents is 2. The highest BCUT2D eigenvalue weighted by atomic mass is 16.6. The molecule has 1 aliphatic heterocycles. The molecule has 0 atom stereocenters. The van der Waals surface area contributed by atoms with E-state index in [1.165, 1.54) is 18.2 Å². The van der Waals surface area contributed by atoms with Gasteiger partial charge in [0.25, 0.3) is 11.4 Å². The van der Waals surface area contributed by atoms with Gasteiger partial charge in [0, 0.05) is 17.8 Å². The molecule has 0 aromatic heterocycles. The Bertz CT molecular complexity index is 1280. The molecule has 4 aromatic rings. The maximum absolute atomic E-state index is 11.9. The number of nitro groups is 2. The fourth-order valence-electron chi connectivity index (χ4n) is 4.08. The first-order valence-corrected chi connectivity index (χ1v) is 9.83. The molecule has 8 nitrogen and oxygen atoms in total. The first kappa shape index (κ1) is 19.3. The monoisotopic (exact) mass is 424 g/mol. The van der Waals surface area contributed by atoms with Gasteiger partial charge >= 0.3 is 0 Å². The van der Waals surface area contributed by atoms with Crippen molar-refractivity contribution in [2.24, 2.45) is 0 Å². The van der Waals surface area contributed by atoms with Gasteiger partial charge in [-0.25, -0.2) is 0 Å². The summed E-state index contributed by atoms with van der Waals surface area (Å²) in [6.07, 6.45) is 0. The Hall–Kier alpha value is -4.72. The summed E-state index contributed by atoms with van der Waals surface area (Å²) in [6, 6.07) is 28.4. The molecular weight excluding hydrogens is 408 g/mol. The van der Waals surface area contributed by atoms with Crippen LogP contribution < -0.4 is 9.80 Å². The Labute approximate surface area is 182 Å². The van der Waals surface area contributed by atoms with Crippen molar-refractivity contribution in [1.29, 1.82) is 0 Å². The summed E-state index contributed by atoms with van der Waals surface area (Å²) >= 11 is 0. The number of para-hydroxylation sites is 6.